The molecule has 90 valence electrons. The molecular weight excluding hydrogens is 196 g/mol. The molecule has 0 N–H and O–H groups in total. The molecule has 0 radical (unpaired) electrons. The number of fused-ring (bicyclic) bond motifs is 1. The molecule has 0 saturated carbocycles. The van der Waals surface area contributed by atoms with Crippen molar-refractivity contribution in [1.82, 2.24) is 9.55 Å². The first-order valence-electron chi connectivity index (χ1n) is 6.84. The number of nitrogens with zero attached hydrogens (tertiary/aromatic N) is 2. The summed E-state index contributed by atoms with van der Waals surface area (Å²) >= 11 is 0. The van der Waals surface area contributed by atoms with Crippen LogP contribution in [0.2, 0.25) is 0 Å². The Balaban J connectivity index is 1.87. The van der Waals surface area contributed by atoms with E-state index in [9.17, 15) is 0 Å². The fourth-order valence-electron chi connectivity index (χ4n) is 2.53. The Kier molecular flexibility index (Phi) is 4.03. The second-order valence-corrected chi connectivity index (χ2v) is 5.26. The van der Waals surface area contributed by atoms with E-state index in [2.05, 4.69) is 24.6 Å². The van der Waals surface area contributed by atoms with Crippen molar-refractivity contribution in [2.75, 3.05) is 0 Å². The fourth-order valence-corrected chi connectivity index (χ4v) is 2.53. The summed E-state index contributed by atoms with van der Waals surface area (Å²) in [4.78, 5) is 4.75. The first kappa shape index (κ1) is 11.7. The second-order valence-electron chi connectivity index (χ2n) is 5.26. The number of unbranched alkanes of at least 4 members (excludes halogenated alkanes) is 3. The van der Waals surface area contributed by atoms with Crippen LogP contribution in [-0.4, -0.2) is 9.55 Å². The largest absolute Gasteiger partial charge is 0.334 e. The molecule has 2 heterocycles. The van der Waals surface area contributed by atoms with E-state index in [1.165, 1.54) is 63.0 Å². The van der Waals surface area contributed by atoms with Gasteiger partial charge in [0.05, 0.1) is 5.69 Å². The van der Waals surface area contributed by atoms with Gasteiger partial charge in [0.25, 0.3) is 0 Å². The van der Waals surface area contributed by atoms with Crippen LogP contribution in [0, 0.1) is 5.92 Å². The maximum Gasteiger partial charge on any atom is 0.108 e. The summed E-state index contributed by atoms with van der Waals surface area (Å²) in [5.74, 6) is 2.15. The van der Waals surface area contributed by atoms with Gasteiger partial charge in [-0.05, 0) is 25.2 Å². The highest BCUT2D eigenvalue weighted by molar-refractivity contribution is 5.06. The molecule has 1 aromatic heterocycles. The van der Waals surface area contributed by atoms with Crippen LogP contribution in [0.5, 0.6) is 0 Å². The topological polar surface area (TPSA) is 17.8 Å². The molecule has 0 spiro atoms. The quantitative estimate of drug-likeness (QED) is 0.693. The minimum Gasteiger partial charge on any atom is -0.334 e. The lowest BCUT2D eigenvalue weighted by atomic mass is 10.0. The molecule has 1 aliphatic heterocycles. The van der Waals surface area contributed by atoms with Crippen molar-refractivity contribution in [2.45, 2.75) is 65.3 Å². The van der Waals surface area contributed by atoms with E-state index < -0.39 is 0 Å². The number of hydrogen-bond donors (Lipinski definition) is 0. The van der Waals surface area contributed by atoms with Crippen LogP contribution in [0.4, 0.5) is 0 Å². The molecule has 0 saturated heterocycles. The Morgan fingerprint density at radius 3 is 3.06 bits per heavy atom. The Morgan fingerprint density at radius 2 is 2.25 bits per heavy atom. The highest BCUT2D eigenvalue weighted by Crippen LogP contribution is 2.20. The molecule has 0 fully saturated rings. The van der Waals surface area contributed by atoms with Gasteiger partial charge in [0.2, 0.25) is 0 Å². The van der Waals surface area contributed by atoms with E-state index in [0.717, 1.165) is 5.92 Å². The fraction of sp³-hybridized carbons (Fsp3) is 0.786. The van der Waals surface area contributed by atoms with Crippen molar-refractivity contribution in [3.05, 3.63) is 17.7 Å². The Bertz CT molecular complexity index is 327. The Hall–Kier alpha value is -0.790. The monoisotopic (exact) mass is 220 g/mol. The number of aryl methyl sites for hydroxylation is 2. The molecule has 0 aliphatic carbocycles. The van der Waals surface area contributed by atoms with Gasteiger partial charge in [-0.3, -0.25) is 0 Å². The molecular formula is C14H24N2. The van der Waals surface area contributed by atoms with Crippen molar-refractivity contribution < 1.29 is 0 Å². The molecule has 2 heteroatoms. The zero-order chi connectivity index (χ0) is 11.4. The normalized spacial score (nSPS) is 19.8. The third-order valence-corrected chi connectivity index (χ3v) is 3.56. The van der Waals surface area contributed by atoms with E-state index in [-0.39, 0.29) is 0 Å². The third-order valence-electron chi connectivity index (χ3n) is 3.56. The van der Waals surface area contributed by atoms with Gasteiger partial charge in [-0.15, -0.1) is 0 Å². The van der Waals surface area contributed by atoms with Gasteiger partial charge in [-0.25, -0.2) is 4.98 Å². The molecule has 2 rings (SSSR count). The molecule has 0 bridgehead atoms. The number of hydrogen-bond acceptors (Lipinski definition) is 1. The van der Waals surface area contributed by atoms with Gasteiger partial charge in [0.1, 0.15) is 5.82 Å². The van der Waals surface area contributed by atoms with Crippen molar-refractivity contribution in [3.8, 4) is 0 Å². The van der Waals surface area contributed by atoms with Crippen LogP contribution in [-0.2, 0) is 19.4 Å². The predicted molar refractivity (Wildman–Crippen MR) is 67.6 cm³/mol. The first-order valence-corrected chi connectivity index (χ1v) is 6.84. The molecule has 16 heavy (non-hydrogen) atoms. The molecule has 0 aromatic carbocycles. The van der Waals surface area contributed by atoms with Crippen LogP contribution in [0.3, 0.4) is 0 Å². The van der Waals surface area contributed by atoms with Crippen LogP contribution < -0.4 is 0 Å². The standard InChI is InChI=1S/C14H24N2/c1-3-4-5-6-7-13-11-16-10-12(2)8-9-14(16)15-13/h11-12H,3-10H2,1-2H3. The van der Waals surface area contributed by atoms with Crippen LogP contribution in [0.1, 0.15) is 57.5 Å². The lowest BCUT2D eigenvalue weighted by Gasteiger charge is -2.19. The maximum absolute atomic E-state index is 4.75. The maximum atomic E-state index is 4.75. The summed E-state index contributed by atoms with van der Waals surface area (Å²) in [6, 6.07) is 0. The lowest BCUT2D eigenvalue weighted by Crippen LogP contribution is -2.17. The first-order chi connectivity index (χ1) is 7.79. The van der Waals surface area contributed by atoms with E-state index >= 15 is 0 Å². The zero-order valence-corrected chi connectivity index (χ0v) is 10.7. The van der Waals surface area contributed by atoms with Crippen LogP contribution in [0.15, 0.2) is 6.20 Å². The molecule has 1 aromatic rings. The van der Waals surface area contributed by atoms with Crippen molar-refractivity contribution in [2.24, 2.45) is 5.92 Å². The number of aromatic nitrogens is 2. The summed E-state index contributed by atoms with van der Waals surface area (Å²) in [5.41, 5.74) is 1.32. The Labute approximate surface area is 99.1 Å². The molecule has 1 atom stereocenters. The van der Waals surface area contributed by atoms with Crippen molar-refractivity contribution in [1.29, 1.82) is 0 Å². The second kappa shape index (κ2) is 5.51. The van der Waals surface area contributed by atoms with Crippen LogP contribution >= 0.6 is 0 Å². The molecule has 2 nitrogen and oxygen atoms in total. The summed E-state index contributed by atoms with van der Waals surface area (Å²) in [6.45, 7) is 5.78. The SMILES string of the molecule is CCCCCCc1cn2c(n1)CCC(C)C2. The van der Waals surface area contributed by atoms with Gasteiger partial charge < -0.3 is 4.57 Å². The average Bonchev–Trinajstić information content (AvgIpc) is 2.66. The third kappa shape index (κ3) is 2.87. The number of rotatable bonds is 5. The average molecular weight is 220 g/mol. The lowest BCUT2D eigenvalue weighted by molar-refractivity contribution is 0.394. The smallest absolute Gasteiger partial charge is 0.108 e. The molecule has 1 aliphatic rings. The van der Waals surface area contributed by atoms with E-state index in [0.29, 0.717) is 0 Å². The minimum atomic E-state index is 0.828. The Morgan fingerprint density at radius 1 is 1.38 bits per heavy atom. The summed E-state index contributed by atoms with van der Waals surface area (Å²) in [5, 5.41) is 0. The highest BCUT2D eigenvalue weighted by atomic mass is 15.1. The van der Waals surface area contributed by atoms with Gasteiger partial charge in [-0.2, -0.15) is 0 Å². The van der Waals surface area contributed by atoms with Gasteiger partial charge in [-0.1, -0.05) is 33.1 Å². The van der Waals surface area contributed by atoms with Gasteiger partial charge >= 0.3 is 0 Å². The van der Waals surface area contributed by atoms with E-state index in [1.807, 2.05) is 0 Å². The van der Waals surface area contributed by atoms with E-state index in [1.54, 1.807) is 0 Å². The summed E-state index contributed by atoms with van der Waals surface area (Å²) < 4.78 is 2.38. The van der Waals surface area contributed by atoms with Crippen molar-refractivity contribution >= 4 is 0 Å². The van der Waals surface area contributed by atoms with Gasteiger partial charge in [0, 0.05) is 19.2 Å². The summed E-state index contributed by atoms with van der Waals surface area (Å²) in [6.07, 6.45) is 11.3. The summed E-state index contributed by atoms with van der Waals surface area (Å²) in [7, 11) is 0. The van der Waals surface area contributed by atoms with E-state index in [4.69, 9.17) is 4.98 Å². The van der Waals surface area contributed by atoms with Gasteiger partial charge in [0.15, 0.2) is 0 Å². The minimum absolute atomic E-state index is 0.828. The number of imidazole rings is 1. The van der Waals surface area contributed by atoms with Crippen molar-refractivity contribution in [3.63, 3.8) is 0 Å². The molecule has 0 amide bonds. The van der Waals surface area contributed by atoms with Crippen LogP contribution in [0.25, 0.3) is 0 Å². The zero-order valence-electron chi connectivity index (χ0n) is 10.7. The predicted octanol–water partition coefficient (Wildman–Crippen LogP) is 3.59. The highest BCUT2D eigenvalue weighted by Gasteiger charge is 2.16. The molecule has 1 unspecified atom stereocenters.